The van der Waals surface area contributed by atoms with Crippen molar-refractivity contribution < 1.29 is 13.9 Å². The van der Waals surface area contributed by atoms with Gasteiger partial charge in [0.05, 0.1) is 10.9 Å². The molecule has 26 heavy (non-hydrogen) atoms. The van der Waals surface area contributed by atoms with Crippen LogP contribution in [-0.2, 0) is 9.53 Å². The molecule has 0 atom stereocenters. The van der Waals surface area contributed by atoms with Gasteiger partial charge >= 0.3 is 5.97 Å². The largest absolute Gasteiger partial charge is 0.463 e. The number of benzene rings is 2. The van der Waals surface area contributed by atoms with Crippen LogP contribution in [0, 0.1) is 6.92 Å². The summed E-state index contributed by atoms with van der Waals surface area (Å²) in [5.41, 5.74) is 2.01. The summed E-state index contributed by atoms with van der Waals surface area (Å²) in [6.45, 7) is 1.90. The van der Waals surface area contributed by atoms with Gasteiger partial charge in [-0.05, 0) is 42.8 Å². The normalized spacial score (nSPS) is 15.4. The number of cyclic esters (lactones) is 1. The van der Waals surface area contributed by atoms with E-state index in [0.717, 1.165) is 11.1 Å². The van der Waals surface area contributed by atoms with Crippen molar-refractivity contribution in [1.29, 1.82) is 0 Å². The predicted octanol–water partition coefficient (Wildman–Crippen LogP) is 4.10. The lowest BCUT2D eigenvalue weighted by Gasteiger charge is -2.02. The number of esters is 1. The molecule has 0 bridgehead atoms. The fourth-order valence-corrected chi connectivity index (χ4v) is 2.87. The minimum absolute atomic E-state index is 0.0388. The highest BCUT2D eigenvalue weighted by Crippen LogP contribution is 2.22. The molecule has 0 saturated heterocycles. The first kappa shape index (κ1) is 16.3. The first-order valence-electron chi connectivity index (χ1n) is 7.82. The summed E-state index contributed by atoms with van der Waals surface area (Å²) < 4.78 is 10.7. The highest BCUT2D eigenvalue weighted by molar-refractivity contribution is 6.31. The van der Waals surface area contributed by atoms with Crippen LogP contribution in [0.15, 0.2) is 68.6 Å². The quantitative estimate of drug-likeness (QED) is 0.506. The van der Waals surface area contributed by atoms with Crippen LogP contribution in [-0.4, -0.2) is 11.9 Å². The van der Waals surface area contributed by atoms with Gasteiger partial charge in [0.15, 0.2) is 11.1 Å². The first-order valence-corrected chi connectivity index (χ1v) is 8.20. The Labute approximate surface area is 153 Å². The minimum atomic E-state index is -0.617. The van der Waals surface area contributed by atoms with Gasteiger partial charge in [0, 0.05) is 10.6 Å². The number of hydrogen-bond donors (Lipinski definition) is 0. The maximum atomic E-state index is 12.6. The molecule has 0 spiro atoms. The van der Waals surface area contributed by atoms with Gasteiger partial charge in [0.1, 0.15) is 11.8 Å². The zero-order valence-corrected chi connectivity index (χ0v) is 14.4. The summed E-state index contributed by atoms with van der Waals surface area (Å²) in [7, 11) is 0. The summed E-state index contributed by atoms with van der Waals surface area (Å²) in [5.74, 6) is -0.401. The van der Waals surface area contributed by atoms with Crippen molar-refractivity contribution in [1.82, 2.24) is 0 Å². The average Bonchev–Trinajstić information content (AvgIpc) is 2.98. The van der Waals surface area contributed by atoms with Gasteiger partial charge in [-0.2, -0.15) is 0 Å². The number of carbonyl (C=O) groups is 1. The molecule has 1 aliphatic heterocycles. The van der Waals surface area contributed by atoms with Gasteiger partial charge in [-0.25, -0.2) is 9.79 Å². The third-order valence-electron chi connectivity index (χ3n) is 4.05. The van der Waals surface area contributed by atoms with Gasteiger partial charge in [0.25, 0.3) is 0 Å². The van der Waals surface area contributed by atoms with Crippen LogP contribution in [0.25, 0.3) is 17.0 Å². The van der Waals surface area contributed by atoms with Crippen molar-refractivity contribution >= 4 is 40.5 Å². The molecule has 0 amide bonds. The van der Waals surface area contributed by atoms with Crippen LogP contribution in [0.2, 0.25) is 5.02 Å². The predicted molar refractivity (Wildman–Crippen MR) is 99.3 cm³/mol. The van der Waals surface area contributed by atoms with E-state index < -0.39 is 5.97 Å². The second-order valence-electron chi connectivity index (χ2n) is 5.81. The number of ether oxygens (including phenoxy) is 1. The Morgan fingerprint density at radius 2 is 1.92 bits per heavy atom. The van der Waals surface area contributed by atoms with Crippen molar-refractivity contribution in [3.8, 4) is 0 Å². The number of rotatable bonds is 2. The number of fused-ring (bicyclic) bond motifs is 1. The molecule has 0 saturated carbocycles. The monoisotopic (exact) mass is 365 g/mol. The third-order valence-corrected chi connectivity index (χ3v) is 4.28. The molecule has 128 valence electrons. The SMILES string of the molecule is Cc1ccccc1C1=NC(=Cc2coc3ccc(Cl)cc3c2=O)C(=O)O1. The maximum absolute atomic E-state index is 12.6. The lowest BCUT2D eigenvalue weighted by atomic mass is 10.1. The van der Waals surface area contributed by atoms with E-state index in [4.69, 9.17) is 20.8 Å². The van der Waals surface area contributed by atoms with E-state index in [-0.39, 0.29) is 22.6 Å². The van der Waals surface area contributed by atoms with Crippen LogP contribution in [0.5, 0.6) is 0 Å². The van der Waals surface area contributed by atoms with E-state index in [1.54, 1.807) is 12.1 Å². The molecule has 2 aromatic carbocycles. The Kier molecular flexibility index (Phi) is 3.93. The van der Waals surface area contributed by atoms with Crippen LogP contribution in [0.4, 0.5) is 0 Å². The molecule has 5 nitrogen and oxygen atoms in total. The maximum Gasteiger partial charge on any atom is 0.363 e. The number of halogens is 1. The van der Waals surface area contributed by atoms with E-state index in [1.807, 2.05) is 31.2 Å². The molecule has 0 fully saturated rings. The molecule has 0 aliphatic carbocycles. The van der Waals surface area contributed by atoms with Crippen molar-refractivity contribution in [3.05, 3.63) is 86.4 Å². The van der Waals surface area contributed by atoms with E-state index in [0.29, 0.717) is 16.0 Å². The zero-order chi connectivity index (χ0) is 18.3. The number of aliphatic imine (C=N–C) groups is 1. The minimum Gasteiger partial charge on any atom is -0.463 e. The van der Waals surface area contributed by atoms with Crippen LogP contribution in [0.1, 0.15) is 16.7 Å². The molecule has 4 rings (SSSR count). The molecular weight excluding hydrogens is 354 g/mol. The molecule has 0 unspecified atom stereocenters. The summed E-state index contributed by atoms with van der Waals surface area (Å²) in [6, 6.07) is 12.2. The third kappa shape index (κ3) is 2.82. The second-order valence-corrected chi connectivity index (χ2v) is 6.25. The molecule has 3 aromatic rings. The van der Waals surface area contributed by atoms with Crippen molar-refractivity contribution in [2.75, 3.05) is 0 Å². The fraction of sp³-hybridized carbons (Fsp3) is 0.0500. The van der Waals surface area contributed by atoms with Crippen LogP contribution < -0.4 is 5.43 Å². The Hall–Kier alpha value is -3.18. The Morgan fingerprint density at radius 3 is 2.73 bits per heavy atom. The molecule has 2 heterocycles. The molecule has 0 N–H and O–H groups in total. The van der Waals surface area contributed by atoms with Gasteiger partial charge in [-0.15, -0.1) is 0 Å². The van der Waals surface area contributed by atoms with Crippen molar-refractivity contribution in [3.63, 3.8) is 0 Å². The molecule has 0 radical (unpaired) electrons. The van der Waals surface area contributed by atoms with Crippen LogP contribution >= 0.6 is 11.6 Å². The zero-order valence-electron chi connectivity index (χ0n) is 13.7. The Morgan fingerprint density at radius 1 is 1.12 bits per heavy atom. The number of aryl methyl sites for hydroxylation is 1. The summed E-state index contributed by atoms with van der Waals surface area (Å²) >= 11 is 5.95. The topological polar surface area (TPSA) is 68.9 Å². The highest BCUT2D eigenvalue weighted by Gasteiger charge is 2.25. The lowest BCUT2D eigenvalue weighted by molar-refractivity contribution is -0.129. The highest BCUT2D eigenvalue weighted by atomic mass is 35.5. The summed E-state index contributed by atoms with van der Waals surface area (Å²) in [6.07, 6.45) is 2.65. The number of nitrogens with zero attached hydrogens (tertiary/aromatic N) is 1. The van der Waals surface area contributed by atoms with E-state index >= 15 is 0 Å². The smallest absolute Gasteiger partial charge is 0.363 e. The molecule has 1 aliphatic rings. The van der Waals surface area contributed by atoms with Gasteiger partial charge < -0.3 is 9.15 Å². The Bertz CT molecular complexity index is 1170. The van der Waals surface area contributed by atoms with E-state index in [9.17, 15) is 9.59 Å². The first-order chi connectivity index (χ1) is 12.5. The van der Waals surface area contributed by atoms with Crippen LogP contribution in [0.3, 0.4) is 0 Å². The van der Waals surface area contributed by atoms with Gasteiger partial charge in [-0.3, -0.25) is 4.79 Å². The molecule has 1 aromatic heterocycles. The number of carbonyl (C=O) groups excluding carboxylic acids is 1. The van der Waals surface area contributed by atoms with E-state index in [1.165, 1.54) is 18.4 Å². The summed E-state index contributed by atoms with van der Waals surface area (Å²) in [5, 5.41) is 0.760. The number of hydrogen-bond acceptors (Lipinski definition) is 5. The van der Waals surface area contributed by atoms with Gasteiger partial charge in [0.2, 0.25) is 5.90 Å². The van der Waals surface area contributed by atoms with Crippen molar-refractivity contribution in [2.45, 2.75) is 6.92 Å². The molecular formula is C20H12ClNO4. The second kappa shape index (κ2) is 6.28. The summed E-state index contributed by atoms with van der Waals surface area (Å²) in [4.78, 5) is 29.0. The average molecular weight is 366 g/mol. The standard InChI is InChI=1S/C20H12ClNO4/c1-11-4-2-3-5-14(11)19-22-16(20(24)26-19)8-12-10-25-17-7-6-13(21)9-15(17)18(12)23/h2-10H,1H3. The van der Waals surface area contributed by atoms with E-state index in [2.05, 4.69) is 4.99 Å². The van der Waals surface area contributed by atoms with Gasteiger partial charge in [-0.1, -0.05) is 29.8 Å². The lowest BCUT2D eigenvalue weighted by Crippen LogP contribution is -2.08. The Balaban J connectivity index is 1.80. The van der Waals surface area contributed by atoms with Crippen molar-refractivity contribution in [2.24, 2.45) is 4.99 Å². The fourth-order valence-electron chi connectivity index (χ4n) is 2.70. The molecule has 6 heteroatoms.